The molecule has 0 aromatic carbocycles. The summed E-state index contributed by atoms with van der Waals surface area (Å²) in [5, 5.41) is 152. The van der Waals surface area contributed by atoms with E-state index in [0.29, 0.717) is 0 Å². The molecule has 45 heavy (non-hydrogen) atoms. The maximum absolute atomic E-state index is 10.4. The Morgan fingerprint density at radius 2 is 0.667 bits per heavy atom. The van der Waals surface area contributed by atoms with Crippen molar-refractivity contribution in [3.8, 4) is 0 Å². The van der Waals surface area contributed by atoms with Crippen LogP contribution in [0.25, 0.3) is 0 Å². The largest absolute Gasteiger partial charge is 0.394 e. The molecule has 3 heterocycles. The Hall–Kier alpha value is -0.840. The first-order valence-electron chi connectivity index (χ1n) is 14.1. The average molecular weight is 667 g/mol. The van der Waals surface area contributed by atoms with Crippen LogP contribution in [0.15, 0.2) is 0 Å². The molecule has 4 rings (SSSR count). The maximum atomic E-state index is 10.4. The highest BCUT2D eigenvalue weighted by Gasteiger charge is 2.53. The van der Waals surface area contributed by atoms with Crippen LogP contribution in [0.1, 0.15) is 0 Å². The minimum Gasteiger partial charge on any atom is -0.394 e. The van der Waals surface area contributed by atoms with Gasteiger partial charge in [0, 0.05) is 0 Å². The van der Waals surface area contributed by atoms with Crippen LogP contribution < -0.4 is 0 Å². The number of hydrogen-bond donors (Lipinski definition) is 15. The minimum atomic E-state index is -2.01. The Balaban J connectivity index is 1.38. The fraction of sp³-hybridized carbons (Fsp3) is 1.00. The van der Waals surface area contributed by atoms with E-state index in [4.69, 9.17) is 28.4 Å². The molecule has 21 nitrogen and oxygen atoms in total. The lowest BCUT2D eigenvalue weighted by Crippen LogP contribution is -2.67. The highest BCUT2D eigenvalue weighted by molar-refractivity contribution is 5.01. The molecular weight excluding hydrogens is 624 g/mol. The molecule has 0 bridgehead atoms. The number of rotatable bonds is 9. The van der Waals surface area contributed by atoms with E-state index in [-0.39, 0.29) is 0 Å². The third-order valence-electron chi connectivity index (χ3n) is 8.40. The number of hydrogen-bond acceptors (Lipinski definition) is 21. The van der Waals surface area contributed by atoms with E-state index < -0.39 is 149 Å². The molecule has 15 N–H and O–H groups in total. The summed E-state index contributed by atoms with van der Waals surface area (Å²) in [5.74, 6) is 0. The third-order valence-corrected chi connectivity index (χ3v) is 8.40. The van der Waals surface area contributed by atoms with Crippen LogP contribution >= 0.6 is 0 Å². The normalized spacial score (nSPS) is 54.6. The maximum Gasteiger partial charge on any atom is 0.187 e. The van der Waals surface area contributed by atoms with Crippen LogP contribution in [0.4, 0.5) is 0 Å². The molecule has 0 aromatic heterocycles. The summed E-state index contributed by atoms with van der Waals surface area (Å²) in [4.78, 5) is 0. The van der Waals surface area contributed by atoms with E-state index >= 15 is 0 Å². The second-order valence-electron chi connectivity index (χ2n) is 11.4. The van der Waals surface area contributed by atoms with Gasteiger partial charge in [0.2, 0.25) is 0 Å². The van der Waals surface area contributed by atoms with Crippen molar-refractivity contribution in [1.29, 1.82) is 0 Å². The molecule has 1 saturated carbocycles. The molecule has 19 atom stereocenters. The lowest BCUT2D eigenvalue weighted by Gasteiger charge is -2.46. The second-order valence-corrected chi connectivity index (χ2v) is 11.4. The zero-order valence-corrected chi connectivity index (χ0v) is 23.4. The Bertz CT molecular complexity index is 915. The quantitative estimate of drug-likeness (QED) is 0.109. The molecule has 21 heteroatoms. The first-order chi connectivity index (χ1) is 21.1. The summed E-state index contributed by atoms with van der Waals surface area (Å²) < 4.78 is 32.1. The van der Waals surface area contributed by atoms with E-state index in [1.165, 1.54) is 0 Å². The van der Waals surface area contributed by atoms with Gasteiger partial charge in [0.05, 0.1) is 19.8 Å². The van der Waals surface area contributed by atoms with E-state index in [1.807, 2.05) is 0 Å². The van der Waals surface area contributed by atoms with Gasteiger partial charge in [-0.3, -0.25) is 0 Å². The van der Waals surface area contributed by atoms with Crippen LogP contribution in [0.5, 0.6) is 0 Å². The zero-order chi connectivity index (χ0) is 33.5. The molecule has 13 unspecified atom stereocenters. The number of ether oxygens (including phenoxy) is 6. The number of aliphatic hydroxyl groups is 15. The standard InChI is InChI=1S/C24H42O21/c25-1-4-7(26)10(29)18(37)22(42-4)40-2-5-8(27)11(30)19(38)23(43-5)41-3-6-9(28)12(31)20(39)24(44-6)45-21-16(35)14(33)13(32)15(34)17(21)36/h4-39H,1-3H2/t4?,5?,6?,7-,8-,9-,10?,11?,12?,13?,14?,15?,16?,17?,18?,19?,20?,21?,22+,23+,24-/m0/s1. The predicted octanol–water partition coefficient (Wildman–Crippen LogP) is -10.4. The summed E-state index contributed by atoms with van der Waals surface area (Å²) in [6, 6.07) is 0. The average Bonchev–Trinajstić information content (AvgIpc) is 3.03. The van der Waals surface area contributed by atoms with Crippen molar-refractivity contribution in [1.82, 2.24) is 0 Å². The van der Waals surface area contributed by atoms with Crippen LogP contribution in [0, 0.1) is 0 Å². The first kappa shape index (κ1) is 37.0. The minimum absolute atomic E-state index is 0.657. The Morgan fingerprint density at radius 3 is 1.09 bits per heavy atom. The zero-order valence-electron chi connectivity index (χ0n) is 23.4. The van der Waals surface area contributed by atoms with Crippen LogP contribution in [0.2, 0.25) is 0 Å². The third kappa shape index (κ3) is 7.44. The SMILES string of the molecule is OCC1O[C@@H](OCC2O[C@@H](OCC3O[C@@H](OC4C(O)C(O)C(O)C(O)C4O)C(O)C(O)[C@H]3O)C(O)C(O)[C@H]2O)C(O)C(O)[C@H]1O. The van der Waals surface area contributed by atoms with Crippen LogP contribution in [-0.2, 0) is 28.4 Å². The fourth-order valence-electron chi connectivity index (χ4n) is 5.46. The van der Waals surface area contributed by atoms with Gasteiger partial charge in [-0.1, -0.05) is 0 Å². The van der Waals surface area contributed by atoms with Gasteiger partial charge in [-0.15, -0.1) is 0 Å². The molecule has 3 aliphatic heterocycles. The van der Waals surface area contributed by atoms with Gasteiger partial charge >= 0.3 is 0 Å². The van der Waals surface area contributed by atoms with E-state index in [9.17, 15) is 76.6 Å². The van der Waals surface area contributed by atoms with E-state index in [0.717, 1.165) is 0 Å². The van der Waals surface area contributed by atoms with Gasteiger partial charge in [0.1, 0.15) is 110 Å². The van der Waals surface area contributed by atoms with Crippen molar-refractivity contribution >= 4 is 0 Å². The van der Waals surface area contributed by atoms with Gasteiger partial charge in [0.25, 0.3) is 0 Å². The molecular formula is C24H42O21. The summed E-state index contributed by atoms with van der Waals surface area (Å²) in [5.41, 5.74) is 0. The van der Waals surface area contributed by atoms with Crippen molar-refractivity contribution < 1.29 is 105 Å². The predicted molar refractivity (Wildman–Crippen MR) is 134 cm³/mol. The molecule has 3 saturated heterocycles. The van der Waals surface area contributed by atoms with Crippen LogP contribution in [0.3, 0.4) is 0 Å². The van der Waals surface area contributed by atoms with Crippen molar-refractivity contribution in [2.75, 3.05) is 19.8 Å². The lowest BCUT2D eigenvalue weighted by atomic mass is 9.84. The highest BCUT2D eigenvalue weighted by Crippen LogP contribution is 2.31. The van der Waals surface area contributed by atoms with Gasteiger partial charge in [-0.2, -0.15) is 0 Å². The molecule has 0 aromatic rings. The monoisotopic (exact) mass is 666 g/mol. The lowest BCUT2D eigenvalue weighted by molar-refractivity contribution is -0.354. The summed E-state index contributed by atoms with van der Waals surface area (Å²) in [6.45, 7) is -2.15. The van der Waals surface area contributed by atoms with E-state index in [2.05, 4.69) is 0 Å². The second kappa shape index (κ2) is 15.1. The fourth-order valence-corrected chi connectivity index (χ4v) is 5.46. The Labute approximate surface area is 254 Å². The first-order valence-corrected chi connectivity index (χ1v) is 14.1. The van der Waals surface area contributed by atoms with Gasteiger partial charge in [-0.05, 0) is 0 Å². The van der Waals surface area contributed by atoms with Crippen LogP contribution in [-0.4, -0.2) is 225 Å². The molecule has 4 fully saturated rings. The van der Waals surface area contributed by atoms with E-state index in [1.54, 1.807) is 0 Å². The molecule has 0 amide bonds. The van der Waals surface area contributed by atoms with Crippen molar-refractivity contribution in [3.63, 3.8) is 0 Å². The molecule has 0 spiro atoms. The van der Waals surface area contributed by atoms with Gasteiger partial charge in [0.15, 0.2) is 18.9 Å². The van der Waals surface area contributed by atoms with Crippen molar-refractivity contribution in [2.45, 2.75) is 129 Å². The summed E-state index contributed by atoms with van der Waals surface area (Å²) in [7, 11) is 0. The van der Waals surface area contributed by atoms with Gasteiger partial charge < -0.3 is 105 Å². The molecule has 4 aliphatic rings. The summed E-state index contributed by atoms with van der Waals surface area (Å²) >= 11 is 0. The highest BCUT2D eigenvalue weighted by atomic mass is 16.7. The Morgan fingerprint density at radius 1 is 0.356 bits per heavy atom. The number of aliphatic hydroxyl groups excluding tert-OH is 15. The topological polar surface area (TPSA) is 359 Å². The summed E-state index contributed by atoms with van der Waals surface area (Å²) in [6.07, 6.45) is -38.1. The Kier molecular flexibility index (Phi) is 12.5. The van der Waals surface area contributed by atoms with Crippen molar-refractivity contribution in [2.24, 2.45) is 0 Å². The molecule has 264 valence electrons. The smallest absolute Gasteiger partial charge is 0.187 e. The van der Waals surface area contributed by atoms with Gasteiger partial charge in [-0.25, -0.2) is 0 Å². The molecule has 0 radical (unpaired) electrons. The molecule has 1 aliphatic carbocycles. The van der Waals surface area contributed by atoms with Crippen molar-refractivity contribution in [3.05, 3.63) is 0 Å².